The smallest absolute Gasteiger partial charge is 0.317 e. The first-order chi connectivity index (χ1) is 9.27. The van der Waals surface area contributed by atoms with Crippen LogP contribution in [0.2, 0.25) is 0 Å². The van der Waals surface area contributed by atoms with E-state index in [1.54, 1.807) is 25.3 Å². The molecule has 1 N–H and O–H groups in total. The third-order valence-electron chi connectivity index (χ3n) is 3.55. The van der Waals surface area contributed by atoms with Crippen LogP contribution in [0, 0.1) is 5.41 Å². The lowest BCUT2D eigenvalue weighted by Crippen LogP contribution is -2.45. The Morgan fingerprint density at radius 3 is 2.60 bits per heavy atom. The topological polar surface area (TPSA) is 54.7 Å². The summed E-state index contributed by atoms with van der Waals surface area (Å²) in [5.41, 5.74) is -0.0206. The normalized spacial score (nSPS) is 14.7. The fourth-order valence-electron chi connectivity index (χ4n) is 1.94. The van der Waals surface area contributed by atoms with Crippen LogP contribution in [-0.4, -0.2) is 37.7 Å². The molecule has 5 heteroatoms. The van der Waals surface area contributed by atoms with Crippen molar-refractivity contribution in [2.75, 3.05) is 20.7 Å². The van der Waals surface area contributed by atoms with E-state index in [0.717, 1.165) is 5.76 Å². The van der Waals surface area contributed by atoms with Gasteiger partial charge in [0.05, 0.1) is 18.4 Å². The number of urea groups is 1. The first-order valence-electron chi connectivity index (χ1n) is 6.84. The van der Waals surface area contributed by atoms with Gasteiger partial charge in [-0.15, -0.1) is 0 Å². The number of furan rings is 1. The molecule has 20 heavy (non-hydrogen) atoms. The molecule has 2 amide bonds. The Balaban J connectivity index is 2.54. The van der Waals surface area contributed by atoms with Gasteiger partial charge in [-0.1, -0.05) is 20.8 Å². The lowest BCUT2D eigenvalue weighted by molar-refractivity contribution is 0.0184. The van der Waals surface area contributed by atoms with Crippen LogP contribution in [0.25, 0.3) is 0 Å². The van der Waals surface area contributed by atoms with Crippen molar-refractivity contribution in [2.24, 2.45) is 5.41 Å². The first kappa shape index (κ1) is 16.6. The van der Waals surface area contributed by atoms with E-state index in [9.17, 15) is 4.79 Å². The Morgan fingerprint density at radius 1 is 1.50 bits per heavy atom. The molecule has 1 heterocycles. The number of hydrogen-bond donors (Lipinski definition) is 1. The van der Waals surface area contributed by atoms with Gasteiger partial charge in [-0.2, -0.15) is 0 Å². The van der Waals surface area contributed by atoms with Crippen LogP contribution in [0.4, 0.5) is 4.79 Å². The van der Waals surface area contributed by atoms with Crippen LogP contribution >= 0.6 is 0 Å². The minimum atomic E-state index is -0.139. The van der Waals surface area contributed by atoms with Crippen molar-refractivity contribution in [3.8, 4) is 0 Å². The zero-order valence-electron chi connectivity index (χ0n) is 13.3. The van der Waals surface area contributed by atoms with E-state index in [4.69, 9.17) is 9.15 Å². The molecule has 0 spiro atoms. The Morgan fingerprint density at radius 2 is 2.15 bits per heavy atom. The van der Waals surface area contributed by atoms with E-state index >= 15 is 0 Å². The summed E-state index contributed by atoms with van der Waals surface area (Å²) in [6.45, 7) is 8.66. The maximum atomic E-state index is 12.1. The molecule has 0 bridgehead atoms. The van der Waals surface area contributed by atoms with Crippen LogP contribution in [0.15, 0.2) is 22.8 Å². The highest BCUT2D eigenvalue weighted by molar-refractivity contribution is 5.74. The van der Waals surface area contributed by atoms with Gasteiger partial charge in [0.2, 0.25) is 0 Å². The third kappa shape index (κ3) is 4.27. The minimum absolute atomic E-state index is 0.0206. The molecule has 5 nitrogen and oxygen atoms in total. The van der Waals surface area contributed by atoms with Crippen LogP contribution < -0.4 is 5.32 Å². The summed E-state index contributed by atoms with van der Waals surface area (Å²) in [5.74, 6) is 0.766. The lowest BCUT2D eigenvalue weighted by atomic mass is 9.89. The van der Waals surface area contributed by atoms with Crippen LogP contribution in [0.1, 0.15) is 39.5 Å². The molecule has 0 aliphatic heterocycles. The largest absolute Gasteiger partial charge is 0.467 e. The number of carbonyl (C=O) groups excluding carboxylic acids is 1. The quantitative estimate of drug-likeness (QED) is 0.903. The second kappa shape index (κ2) is 6.79. The fraction of sp³-hybridized carbons (Fsp3) is 0.667. The van der Waals surface area contributed by atoms with Crippen molar-refractivity contribution in [1.29, 1.82) is 0 Å². The molecular weight excluding hydrogens is 256 g/mol. The Hall–Kier alpha value is -1.49. The third-order valence-corrected chi connectivity index (χ3v) is 3.55. The van der Waals surface area contributed by atoms with Crippen LogP contribution in [0.5, 0.6) is 0 Å². The first-order valence-corrected chi connectivity index (χ1v) is 6.84. The van der Waals surface area contributed by atoms with E-state index in [-0.39, 0.29) is 23.6 Å². The monoisotopic (exact) mass is 282 g/mol. The molecule has 0 aromatic carbocycles. The number of carbonyl (C=O) groups is 1. The number of nitrogens with one attached hydrogen (secondary N) is 1. The zero-order valence-corrected chi connectivity index (χ0v) is 13.3. The van der Waals surface area contributed by atoms with Gasteiger partial charge in [0.1, 0.15) is 5.76 Å². The summed E-state index contributed by atoms with van der Waals surface area (Å²) in [6.07, 6.45) is 1.58. The molecule has 0 saturated carbocycles. The predicted molar refractivity (Wildman–Crippen MR) is 78.5 cm³/mol. The van der Waals surface area contributed by atoms with Crippen molar-refractivity contribution in [3.05, 3.63) is 24.2 Å². The minimum Gasteiger partial charge on any atom is -0.467 e. The maximum absolute atomic E-state index is 12.1. The number of hydrogen-bond acceptors (Lipinski definition) is 3. The van der Waals surface area contributed by atoms with E-state index in [2.05, 4.69) is 26.1 Å². The Labute approximate surface area is 121 Å². The van der Waals surface area contributed by atoms with Crippen LogP contribution in [0.3, 0.4) is 0 Å². The van der Waals surface area contributed by atoms with Crippen molar-refractivity contribution < 1.29 is 13.9 Å². The maximum Gasteiger partial charge on any atom is 0.317 e. The standard InChI is InChI=1S/C15H26N2O3/c1-11(12-8-7-9-20-12)17(5)14(18)16-10-13(19-6)15(2,3)4/h7-9,11,13H,10H2,1-6H3,(H,16,18)/t11-,13+/m0/s1. The van der Waals surface area contributed by atoms with Gasteiger partial charge in [0, 0.05) is 20.7 Å². The molecule has 0 aliphatic rings. The molecule has 1 aromatic heterocycles. The summed E-state index contributed by atoms with van der Waals surface area (Å²) in [7, 11) is 3.42. The SMILES string of the molecule is CO[C@H](CNC(=O)N(C)[C@@H](C)c1ccco1)C(C)(C)C. The van der Waals surface area contributed by atoms with Crippen molar-refractivity contribution in [1.82, 2.24) is 10.2 Å². The van der Waals surface area contributed by atoms with Crippen LogP contribution in [-0.2, 0) is 4.74 Å². The molecule has 1 aromatic rings. The summed E-state index contributed by atoms with van der Waals surface area (Å²) in [6, 6.07) is 3.43. The second-order valence-corrected chi connectivity index (χ2v) is 6.08. The highest BCUT2D eigenvalue weighted by atomic mass is 16.5. The number of amides is 2. The molecular formula is C15H26N2O3. The fourth-order valence-corrected chi connectivity index (χ4v) is 1.94. The van der Waals surface area contributed by atoms with Crippen molar-refractivity contribution >= 4 is 6.03 Å². The number of methoxy groups -OCH3 is 1. The molecule has 1 rings (SSSR count). The zero-order chi connectivity index (χ0) is 15.3. The summed E-state index contributed by atoms with van der Waals surface area (Å²) < 4.78 is 10.7. The van der Waals surface area contributed by atoms with Gasteiger partial charge in [0.15, 0.2) is 0 Å². The number of rotatable bonds is 5. The Kier molecular flexibility index (Phi) is 5.62. The highest BCUT2D eigenvalue weighted by Crippen LogP contribution is 2.22. The van der Waals surface area contributed by atoms with Gasteiger partial charge in [-0.25, -0.2) is 4.79 Å². The van der Waals surface area contributed by atoms with Crippen molar-refractivity contribution in [2.45, 2.75) is 39.8 Å². The summed E-state index contributed by atoms with van der Waals surface area (Å²) >= 11 is 0. The predicted octanol–water partition coefficient (Wildman–Crippen LogP) is 3.04. The van der Waals surface area contributed by atoms with Gasteiger partial charge in [-0.05, 0) is 24.5 Å². The van der Waals surface area contributed by atoms with Crippen molar-refractivity contribution in [3.63, 3.8) is 0 Å². The summed E-state index contributed by atoms with van der Waals surface area (Å²) in [4.78, 5) is 13.8. The number of nitrogens with zero attached hydrogens (tertiary/aromatic N) is 1. The van der Waals surface area contributed by atoms with E-state index in [0.29, 0.717) is 6.54 Å². The number of ether oxygens (including phenoxy) is 1. The van der Waals surface area contributed by atoms with Gasteiger partial charge in [-0.3, -0.25) is 0 Å². The molecule has 0 fully saturated rings. The van der Waals surface area contributed by atoms with E-state index in [1.807, 2.05) is 19.1 Å². The van der Waals surface area contributed by atoms with E-state index < -0.39 is 0 Å². The molecule has 0 aliphatic carbocycles. The molecule has 0 radical (unpaired) electrons. The average molecular weight is 282 g/mol. The molecule has 0 unspecified atom stereocenters. The van der Waals surface area contributed by atoms with Gasteiger partial charge >= 0.3 is 6.03 Å². The highest BCUT2D eigenvalue weighted by Gasteiger charge is 2.26. The Bertz CT molecular complexity index is 409. The molecule has 2 atom stereocenters. The average Bonchev–Trinajstić information content (AvgIpc) is 2.89. The molecule has 0 saturated heterocycles. The second-order valence-electron chi connectivity index (χ2n) is 6.08. The summed E-state index contributed by atoms with van der Waals surface area (Å²) in [5, 5.41) is 2.90. The van der Waals surface area contributed by atoms with Gasteiger partial charge in [0.25, 0.3) is 0 Å². The van der Waals surface area contributed by atoms with Gasteiger partial charge < -0.3 is 19.4 Å². The lowest BCUT2D eigenvalue weighted by Gasteiger charge is -2.31. The van der Waals surface area contributed by atoms with E-state index in [1.165, 1.54) is 0 Å². The molecule has 114 valence electrons.